The minimum Gasteiger partial charge on any atom is -0.505 e. The third kappa shape index (κ3) is 1.98. The molecular weight excluding hydrogens is 202 g/mol. The van der Waals surface area contributed by atoms with Crippen LogP contribution in [-0.4, -0.2) is 10.1 Å². The lowest BCUT2D eigenvalue weighted by atomic mass is 10.2. The van der Waals surface area contributed by atoms with E-state index in [-0.39, 0.29) is 17.3 Å². The molecule has 1 heterocycles. The summed E-state index contributed by atoms with van der Waals surface area (Å²) in [6.07, 6.45) is -2.86. The van der Waals surface area contributed by atoms with Gasteiger partial charge in [0.05, 0.1) is 5.88 Å². The Bertz CT molecular complexity index is 320. The standard InChI is InChI=1S/C7H7ClF2N2O/c8-2-3-1-4(11)12-5(6(3)13)7(9)10/h1,7,13H,2H2,(H2,11,12). The van der Waals surface area contributed by atoms with Crippen molar-refractivity contribution in [1.29, 1.82) is 0 Å². The first kappa shape index (κ1) is 9.98. The van der Waals surface area contributed by atoms with Crippen molar-refractivity contribution in [3.63, 3.8) is 0 Å². The summed E-state index contributed by atoms with van der Waals surface area (Å²) in [7, 11) is 0. The molecule has 72 valence electrons. The number of hydrogen-bond donors (Lipinski definition) is 2. The van der Waals surface area contributed by atoms with Crippen LogP contribution < -0.4 is 5.73 Å². The number of anilines is 1. The highest BCUT2D eigenvalue weighted by molar-refractivity contribution is 6.17. The van der Waals surface area contributed by atoms with E-state index in [1.807, 2.05) is 0 Å². The summed E-state index contributed by atoms with van der Waals surface area (Å²) in [5.41, 5.74) is 4.66. The van der Waals surface area contributed by atoms with Gasteiger partial charge < -0.3 is 10.8 Å². The number of alkyl halides is 3. The quantitative estimate of drug-likeness (QED) is 0.732. The molecule has 0 saturated carbocycles. The van der Waals surface area contributed by atoms with Gasteiger partial charge in [0.25, 0.3) is 6.43 Å². The molecule has 13 heavy (non-hydrogen) atoms. The maximum Gasteiger partial charge on any atom is 0.284 e. The maximum absolute atomic E-state index is 12.2. The number of aromatic nitrogens is 1. The van der Waals surface area contributed by atoms with Gasteiger partial charge in [0.2, 0.25) is 0 Å². The van der Waals surface area contributed by atoms with Crippen LogP contribution in [-0.2, 0) is 5.88 Å². The average Bonchev–Trinajstić information content (AvgIpc) is 2.08. The van der Waals surface area contributed by atoms with Crippen molar-refractivity contribution in [2.24, 2.45) is 0 Å². The molecular formula is C7H7ClF2N2O. The Kier molecular flexibility index (Phi) is 2.87. The van der Waals surface area contributed by atoms with Gasteiger partial charge in [-0.2, -0.15) is 0 Å². The van der Waals surface area contributed by atoms with Crippen molar-refractivity contribution in [2.45, 2.75) is 12.3 Å². The Morgan fingerprint density at radius 1 is 1.62 bits per heavy atom. The zero-order chi connectivity index (χ0) is 10.0. The second-order valence-corrected chi connectivity index (χ2v) is 2.64. The molecule has 0 aliphatic heterocycles. The molecule has 0 aromatic carbocycles. The molecule has 0 spiro atoms. The van der Waals surface area contributed by atoms with Gasteiger partial charge in [-0.1, -0.05) is 0 Å². The van der Waals surface area contributed by atoms with Crippen LogP contribution in [0.2, 0.25) is 0 Å². The largest absolute Gasteiger partial charge is 0.505 e. The molecule has 0 bridgehead atoms. The predicted molar refractivity (Wildman–Crippen MR) is 44.8 cm³/mol. The summed E-state index contributed by atoms with van der Waals surface area (Å²) < 4.78 is 24.4. The highest BCUT2D eigenvalue weighted by Crippen LogP contribution is 2.31. The van der Waals surface area contributed by atoms with Crippen LogP contribution in [0.5, 0.6) is 5.75 Å². The fourth-order valence-corrected chi connectivity index (χ4v) is 1.09. The van der Waals surface area contributed by atoms with E-state index in [9.17, 15) is 13.9 Å². The van der Waals surface area contributed by atoms with Crippen molar-refractivity contribution >= 4 is 17.4 Å². The molecule has 3 nitrogen and oxygen atoms in total. The lowest BCUT2D eigenvalue weighted by Crippen LogP contribution is -1.99. The highest BCUT2D eigenvalue weighted by atomic mass is 35.5. The van der Waals surface area contributed by atoms with Crippen LogP contribution in [0, 0.1) is 0 Å². The SMILES string of the molecule is Nc1cc(CCl)c(O)c(C(F)F)n1. The molecule has 1 aromatic rings. The van der Waals surface area contributed by atoms with Crippen molar-refractivity contribution in [3.05, 3.63) is 17.3 Å². The molecule has 0 atom stereocenters. The van der Waals surface area contributed by atoms with Gasteiger partial charge in [-0.25, -0.2) is 13.8 Å². The number of nitrogen functional groups attached to an aromatic ring is 1. The van der Waals surface area contributed by atoms with Gasteiger partial charge >= 0.3 is 0 Å². The van der Waals surface area contributed by atoms with Crippen molar-refractivity contribution in [1.82, 2.24) is 4.98 Å². The maximum atomic E-state index is 12.2. The second kappa shape index (κ2) is 3.74. The van der Waals surface area contributed by atoms with Gasteiger partial charge in [-0.3, -0.25) is 0 Å². The van der Waals surface area contributed by atoms with Gasteiger partial charge in [0.1, 0.15) is 11.6 Å². The third-order valence-electron chi connectivity index (χ3n) is 1.47. The normalized spacial score (nSPS) is 10.8. The van der Waals surface area contributed by atoms with E-state index in [1.54, 1.807) is 0 Å². The molecule has 1 aromatic heterocycles. The Hall–Kier alpha value is -1.10. The predicted octanol–water partition coefficient (Wildman–Crippen LogP) is 2.05. The Morgan fingerprint density at radius 2 is 2.23 bits per heavy atom. The first-order valence-electron chi connectivity index (χ1n) is 3.38. The molecule has 0 saturated heterocycles. The molecule has 0 fully saturated rings. The first-order chi connectivity index (χ1) is 6.06. The van der Waals surface area contributed by atoms with E-state index in [4.69, 9.17) is 17.3 Å². The number of pyridine rings is 1. The lowest BCUT2D eigenvalue weighted by molar-refractivity contribution is 0.142. The molecule has 0 aliphatic rings. The second-order valence-electron chi connectivity index (χ2n) is 2.37. The summed E-state index contributed by atoms with van der Waals surface area (Å²) in [4.78, 5) is 3.30. The monoisotopic (exact) mass is 208 g/mol. The summed E-state index contributed by atoms with van der Waals surface area (Å²) >= 11 is 5.39. The van der Waals surface area contributed by atoms with Crippen LogP contribution >= 0.6 is 11.6 Å². The zero-order valence-electron chi connectivity index (χ0n) is 6.47. The van der Waals surface area contributed by atoms with Crippen molar-refractivity contribution in [3.8, 4) is 5.75 Å². The number of nitrogens with zero attached hydrogens (tertiary/aromatic N) is 1. The fraction of sp³-hybridized carbons (Fsp3) is 0.286. The van der Waals surface area contributed by atoms with E-state index < -0.39 is 17.9 Å². The Balaban J connectivity index is 3.27. The van der Waals surface area contributed by atoms with Crippen LogP contribution in [0.15, 0.2) is 6.07 Å². The molecule has 0 radical (unpaired) electrons. The zero-order valence-corrected chi connectivity index (χ0v) is 7.22. The number of nitrogens with two attached hydrogens (primary N) is 1. The average molecular weight is 209 g/mol. The minimum absolute atomic E-state index is 0.0799. The van der Waals surface area contributed by atoms with Gasteiger partial charge in [-0.15, -0.1) is 11.6 Å². The topological polar surface area (TPSA) is 59.1 Å². The van der Waals surface area contributed by atoms with E-state index in [2.05, 4.69) is 4.98 Å². The third-order valence-corrected chi connectivity index (χ3v) is 1.76. The molecule has 1 rings (SSSR count). The Labute approximate surface area is 78.1 Å². The van der Waals surface area contributed by atoms with E-state index >= 15 is 0 Å². The molecule has 0 amide bonds. The summed E-state index contributed by atoms with van der Waals surface area (Å²) in [6.45, 7) is 0. The van der Waals surface area contributed by atoms with Gasteiger partial charge in [0, 0.05) is 5.56 Å². The summed E-state index contributed by atoms with van der Waals surface area (Å²) in [5, 5.41) is 9.20. The number of halogens is 3. The minimum atomic E-state index is -2.86. The summed E-state index contributed by atoms with van der Waals surface area (Å²) in [6, 6.07) is 1.26. The van der Waals surface area contributed by atoms with E-state index in [1.165, 1.54) is 6.07 Å². The summed E-state index contributed by atoms with van der Waals surface area (Å²) in [5.74, 6) is -0.749. The van der Waals surface area contributed by atoms with Gasteiger partial charge in [-0.05, 0) is 6.07 Å². The van der Waals surface area contributed by atoms with Crippen LogP contribution in [0.25, 0.3) is 0 Å². The number of hydrogen-bond acceptors (Lipinski definition) is 3. The first-order valence-corrected chi connectivity index (χ1v) is 3.92. The van der Waals surface area contributed by atoms with Crippen LogP contribution in [0.1, 0.15) is 17.7 Å². The molecule has 6 heteroatoms. The van der Waals surface area contributed by atoms with E-state index in [0.717, 1.165) is 0 Å². The van der Waals surface area contributed by atoms with Crippen molar-refractivity contribution < 1.29 is 13.9 Å². The lowest BCUT2D eigenvalue weighted by Gasteiger charge is -2.07. The van der Waals surface area contributed by atoms with E-state index in [0.29, 0.717) is 0 Å². The van der Waals surface area contributed by atoms with Crippen molar-refractivity contribution in [2.75, 3.05) is 5.73 Å². The molecule has 0 aliphatic carbocycles. The van der Waals surface area contributed by atoms with Crippen LogP contribution in [0.3, 0.4) is 0 Å². The van der Waals surface area contributed by atoms with Crippen LogP contribution in [0.4, 0.5) is 14.6 Å². The smallest absolute Gasteiger partial charge is 0.284 e. The fourth-order valence-electron chi connectivity index (χ4n) is 0.890. The molecule has 0 unspecified atom stereocenters. The Morgan fingerprint density at radius 3 is 2.69 bits per heavy atom. The molecule has 3 N–H and O–H groups in total. The highest BCUT2D eigenvalue weighted by Gasteiger charge is 2.18. The van der Waals surface area contributed by atoms with Gasteiger partial charge in [0.15, 0.2) is 5.69 Å². The number of aromatic hydroxyl groups is 1. The number of rotatable bonds is 2.